The number of allylic oxidation sites excluding steroid dienone is 1. The predicted molar refractivity (Wildman–Crippen MR) is 116 cm³/mol. The van der Waals surface area contributed by atoms with Gasteiger partial charge in [-0.1, -0.05) is 0 Å². The van der Waals surface area contributed by atoms with Crippen LogP contribution in [0.4, 0.5) is 4.39 Å². The number of aliphatic hydroxyl groups excluding tert-OH is 2. The van der Waals surface area contributed by atoms with Gasteiger partial charge in [-0.15, -0.1) is 0 Å². The van der Waals surface area contributed by atoms with Crippen LogP contribution >= 0.6 is 0 Å². The van der Waals surface area contributed by atoms with Crippen molar-refractivity contribution in [3.63, 3.8) is 0 Å². The summed E-state index contributed by atoms with van der Waals surface area (Å²) in [5, 5.41) is 46.6. The second-order valence-corrected chi connectivity index (χ2v) is 9.57. The molecule has 9 nitrogen and oxygen atoms in total. The maximum atomic E-state index is 15.6. The number of rotatable bonds is 2. The molecule has 1 aliphatic heterocycles. The molecule has 1 heterocycles. The molecule has 34 heavy (non-hydrogen) atoms. The van der Waals surface area contributed by atoms with Crippen molar-refractivity contribution in [1.29, 1.82) is 0 Å². The molecule has 0 aromatic heterocycles. The number of nitrogens with two attached hydrogens (primary N) is 1. The number of ketones is 3. The number of phenolic OH excluding ortho intramolecular Hbond substituents is 1. The molecule has 3 aliphatic carbocycles. The van der Waals surface area contributed by atoms with E-state index in [1.807, 2.05) is 0 Å². The van der Waals surface area contributed by atoms with Crippen molar-refractivity contribution in [3.8, 4) is 5.75 Å². The lowest BCUT2D eigenvalue weighted by Crippen LogP contribution is -2.62. The van der Waals surface area contributed by atoms with Gasteiger partial charge in [0.1, 0.15) is 28.7 Å². The quantitative estimate of drug-likeness (QED) is 0.346. The summed E-state index contributed by atoms with van der Waals surface area (Å²) >= 11 is 0. The van der Waals surface area contributed by atoms with Crippen LogP contribution in [0.1, 0.15) is 53.7 Å². The molecule has 0 bridgehead atoms. The molecule has 1 aromatic rings. The van der Waals surface area contributed by atoms with Crippen LogP contribution in [0.3, 0.4) is 0 Å². The van der Waals surface area contributed by atoms with Crippen LogP contribution in [0, 0.1) is 17.7 Å². The first kappa shape index (κ1) is 22.7. The summed E-state index contributed by atoms with van der Waals surface area (Å²) in [5.74, 6) is -7.80. The van der Waals surface area contributed by atoms with Gasteiger partial charge in [-0.3, -0.25) is 14.4 Å². The smallest absolute Gasteiger partial charge is 0.209 e. The number of carbonyl (C=O) groups is 3. The average Bonchev–Trinajstić information content (AvgIpc) is 3.31. The number of aliphatic hydroxyl groups is 3. The zero-order chi connectivity index (χ0) is 24.7. The van der Waals surface area contributed by atoms with Crippen LogP contribution in [0.5, 0.6) is 5.75 Å². The summed E-state index contributed by atoms with van der Waals surface area (Å²) in [6.07, 6.45) is 1.30. The SMILES string of the molecule is CC(=O)C1=C(O)[C@@H](N)[C@@H]2C[C@@H]3Cc4c(F)c(C5CCCN5)cc(O)c4C(=O)C3=C(O)[C@]2(O)C1=O. The van der Waals surface area contributed by atoms with E-state index in [1.165, 1.54) is 6.07 Å². The normalized spacial score (nSPS) is 33.1. The Morgan fingerprint density at radius 3 is 2.59 bits per heavy atom. The minimum atomic E-state index is -2.70. The van der Waals surface area contributed by atoms with E-state index < -0.39 is 69.5 Å². The van der Waals surface area contributed by atoms with Gasteiger partial charge in [-0.2, -0.15) is 0 Å². The van der Waals surface area contributed by atoms with E-state index in [9.17, 15) is 34.8 Å². The second-order valence-electron chi connectivity index (χ2n) is 9.57. The first-order valence-corrected chi connectivity index (χ1v) is 11.2. The molecule has 1 fully saturated rings. The molecule has 10 heteroatoms. The first-order valence-electron chi connectivity index (χ1n) is 11.2. The number of hydrogen-bond acceptors (Lipinski definition) is 9. The van der Waals surface area contributed by atoms with E-state index in [0.29, 0.717) is 13.0 Å². The molecule has 0 saturated carbocycles. The molecule has 180 valence electrons. The Morgan fingerprint density at radius 2 is 1.97 bits per heavy atom. The zero-order valence-electron chi connectivity index (χ0n) is 18.4. The van der Waals surface area contributed by atoms with Gasteiger partial charge >= 0.3 is 0 Å². The minimum absolute atomic E-state index is 0.000543. The van der Waals surface area contributed by atoms with Crippen molar-refractivity contribution in [1.82, 2.24) is 5.32 Å². The van der Waals surface area contributed by atoms with E-state index in [4.69, 9.17) is 5.73 Å². The highest BCUT2D eigenvalue weighted by Gasteiger charge is 2.62. The van der Waals surface area contributed by atoms with Crippen molar-refractivity contribution in [2.45, 2.75) is 50.3 Å². The Bertz CT molecular complexity index is 1230. The lowest BCUT2D eigenvalue weighted by molar-refractivity contribution is -0.145. The van der Waals surface area contributed by atoms with Crippen LogP contribution in [0.2, 0.25) is 0 Å². The van der Waals surface area contributed by atoms with Gasteiger partial charge in [0.15, 0.2) is 17.2 Å². The number of halogens is 1. The van der Waals surface area contributed by atoms with Crippen LogP contribution in [0.15, 0.2) is 28.7 Å². The van der Waals surface area contributed by atoms with E-state index >= 15 is 4.39 Å². The Morgan fingerprint density at radius 1 is 1.26 bits per heavy atom. The first-order chi connectivity index (χ1) is 16.0. The number of Topliss-reactive ketones (excluding diaryl/α,β-unsaturated/α-hetero) is 3. The van der Waals surface area contributed by atoms with Crippen LogP contribution in [0.25, 0.3) is 0 Å². The molecule has 1 unspecified atom stereocenters. The summed E-state index contributed by atoms with van der Waals surface area (Å²) in [6, 6.07) is -0.470. The molecule has 0 amide bonds. The average molecular weight is 472 g/mol. The molecule has 7 N–H and O–H groups in total. The summed E-state index contributed by atoms with van der Waals surface area (Å²) in [6.45, 7) is 1.71. The molecular weight excluding hydrogens is 447 g/mol. The monoisotopic (exact) mass is 472 g/mol. The number of fused-ring (bicyclic) bond motifs is 3. The standard InChI is InChI=1S/C24H25FN2O7/c1-8(28)15-21(31)19(26)12-6-9-5-11-17(20(30)16(9)23(33)24(12,34)22(15)32)14(29)7-10(18(11)25)13-3-2-4-27-13/h7,9,12-13,19,27,29,31,33-34H,2-6,26H2,1H3/t9-,12-,13?,19-,24+/m0/s1. The van der Waals surface area contributed by atoms with E-state index in [2.05, 4.69) is 5.32 Å². The van der Waals surface area contributed by atoms with Crippen molar-refractivity contribution in [3.05, 3.63) is 51.2 Å². The fourth-order valence-electron chi connectivity index (χ4n) is 6.09. The molecule has 0 radical (unpaired) electrons. The highest BCUT2D eigenvalue weighted by Crippen LogP contribution is 2.51. The van der Waals surface area contributed by atoms with Crippen LogP contribution < -0.4 is 11.1 Å². The van der Waals surface area contributed by atoms with Gasteiger partial charge in [-0.25, -0.2) is 4.39 Å². The van der Waals surface area contributed by atoms with Gasteiger partial charge in [0.2, 0.25) is 5.78 Å². The predicted octanol–water partition coefficient (Wildman–Crippen LogP) is 1.18. The summed E-state index contributed by atoms with van der Waals surface area (Å²) in [5.41, 5.74) is 2.24. The number of nitrogens with one attached hydrogen (secondary N) is 1. The highest BCUT2D eigenvalue weighted by atomic mass is 19.1. The fourth-order valence-corrected chi connectivity index (χ4v) is 6.09. The molecule has 4 aliphatic rings. The number of carbonyl (C=O) groups excluding carboxylic acids is 3. The number of aromatic hydroxyl groups is 1. The number of hydrogen-bond donors (Lipinski definition) is 6. The van der Waals surface area contributed by atoms with E-state index in [-0.39, 0.29) is 41.1 Å². The molecule has 1 saturated heterocycles. The molecular formula is C24H25FN2O7. The summed E-state index contributed by atoms with van der Waals surface area (Å²) in [4.78, 5) is 38.4. The number of benzene rings is 1. The Balaban J connectivity index is 1.67. The van der Waals surface area contributed by atoms with Gasteiger partial charge in [0.25, 0.3) is 0 Å². The van der Waals surface area contributed by atoms with Crippen LogP contribution in [-0.4, -0.2) is 56.0 Å². The summed E-state index contributed by atoms with van der Waals surface area (Å²) in [7, 11) is 0. The lowest BCUT2D eigenvalue weighted by atomic mass is 9.58. The summed E-state index contributed by atoms with van der Waals surface area (Å²) < 4.78 is 15.6. The molecule has 1 aromatic carbocycles. The van der Waals surface area contributed by atoms with Crippen molar-refractivity contribution in [2.24, 2.45) is 17.6 Å². The third kappa shape index (κ3) is 2.79. The third-order valence-electron chi connectivity index (χ3n) is 7.76. The Kier molecular flexibility index (Phi) is 4.98. The maximum Gasteiger partial charge on any atom is 0.209 e. The zero-order valence-corrected chi connectivity index (χ0v) is 18.4. The highest BCUT2D eigenvalue weighted by molar-refractivity contribution is 6.25. The Labute approximate surface area is 193 Å². The second kappa shape index (κ2) is 7.46. The van der Waals surface area contributed by atoms with Gasteiger partial charge < -0.3 is 31.5 Å². The topological polar surface area (TPSA) is 170 Å². The third-order valence-corrected chi connectivity index (χ3v) is 7.76. The van der Waals surface area contributed by atoms with E-state index in [0.717, 1.165) is 13.3 Å². The van der Waals surface area contributed by atoms with E-state index in [1.54, 1.807) is 0 Å². The van der Waals surface area contributed by atoms with Crippen molar-refractivity contribution >= 4 is 17.3 Å². The maximum absolute atomic E-state index is 15.6. The van der Waals surface area contributed by atoms with Gasteiger partial charge in [-0.05, 0) is 51.1 Å². The lowest BCUT2D eigenvalue weighted by Gasteiger charge is -2.47. The van der Waals surface area contributed by atoms with Gasteiger partial charge in [0, 0.05) is 28.7 Å². The number of phenols is 1. The minimum Gasteiger partial charge on any atom is -0.510 e. The van der Waals surface area contributed by atoms with Gasteiger partial charge in [0.05, 0.1) is 11.6 Å². The van der Waals surface area contributed by atoms with Crippen molar-refractivity contribution < 1.29 is 39.2 Å². The fraction of sp³-hybridized carbons (Fsp3) is 0.458. The largest absolute Gasteiger partial charge is 0.510 e. The Hall–Kier alpha value is -3.08. The molecule has 0 spiro atoms. The van der Waals surface area contributed by atoms with Crippen LogP contribution in [-0.2, 0) is 16.0 Å². The molecule has 5 rings (SSSR count). The van der Waals surface area contributed by atoms with Crippen molar-refractivity contribution in [2.75, 3.05) is 6.54 Å². The molecule has 5 atom stereocenters.